The minimum atomic E-state index is -3.18. The second-order valence-corrected chi connectivity index (χ2v) is 7.10. The van der Waals surface area contributed by atoms with Crippen LogP contribution in [0.2, 0.25) is 0 Å². The molecular weight excluding hydrogens is 272 g/mol. The number of pyridine rings is 1. The molecule has 0 saturated carbocycles. The number of anilines is 1. The first-order valence-electron chi connectivity index (χ1n) is 6.54. The number of aryl methyl sites for hydroxylation is 1. The van der Waals surface area contributed by atoms with E-state index in [4.69, 9.17) is 0 Å². The number of rotatable bonds is 3. The van der Waals surface area contributed by atoms with Crippen LogP contribution in [0, 0.1) is 0 Å². The minimum Gasteiger partial charge on any atom is -0.377 e. The van der Waals surface area contributed by atoms with Crippen LogP contribution in [0.25, 0.3) is 0 Å². The third kappa shape index (κ3) is 2.54. The van der Waals surface area contributed by atoms with Gasteiger partial charge in [-0.3, -0.25) is 4.98 Å². The van der Waals surface area contributed by atoms with E-state index in [1.54, 1.807) is 24.4 Å². The van der Waals surface area contributed by atoms with Crippen LogP contribution in [0.1, 0.15) is 23.7 Å². The van der Waals surface area contributed by atoms with Gasteiger partial charge in [-0.1, -0.05) is 12.1 Å². The molecule has 20 heavy (non-hydrogen) atoms. The van der Waals surface area contributed by atoms with E-state index in [-0.39, 0.29) is 6.04 Å². The molecule has 1 heterocycles. The maximum Gasteiger partial charge on any atom is 0.175 e. The van der Waals surface area contributed by atoms with Gasteiger partial charge in [0, 0.05) is 18.1 Å². The molecule has 5 heteroatoms. The molecule has 2 aromatic rings. The number of nitrogens with zero attached hydrogens (tertiary/aromatic N) is 1. The maximum atomic E-state index is 11.6. The summed E-state index contributed by atoms with van der Waals surface area (Å²) in [5.74, 6) is 0. The van der Waals surface area contributed by atoms with E-state index in [0.717, 1.165) is 24.2 Å². The molecule has 0 amide bonds. The molecule has 0 spiro atoms. The van der Waals surface area contributed by atoms with Gasteiger partial charge in [0.1, 0.15) is 0 Å². The summed E-state index contributed by atoms with van der Waals surface area (Å²) in [5.41, 5.74) is 3.15. The van der Waals surface area contributed by atoms with Gasteiger partial charge >= 0.3 is 0 Å². The fourth-order valence-corrected chi connectivity index (χ4v) is 3.24. The van der Waals surface area contributed by atoms with Crippen LogP contribution in [0.5, 0.6) is 0 Å². The van der Waals surface area contributed by atoms with E-state index in [2.05, 4.69) is 16.4 Å². The van der Waals surface area contributed by atoms with Crippen LogP contribution < -0.4 is 5.32 Å². The molecule has 1 aromatic heterocycles. The van der Waals surface area contributed by atoms with Crippen molar-refractivity contribution in [1.29, 1.82) is 0 Å². The van der Waals surface area contributed by atoms with Gasteiger partial charge in [0.05, 0.1) is 16.6 Å². The van der Waals surface area contributed by atoms with Gasteiger partial charge in [0.2, 0.25) is 0 Å². The number of sulfone groups is 1. The fourth-order valence-electron chi connectivity index (χ4n) is 2.57. The van der Waals surface area contributed by atoms with Crippen LogP contribution in [-0.2, 0) is 16.3 Å². The van der Waals surface area contributed by atoms with Gasteiger partial charge in [-0.2, -0.15) is 0 Å². The lowest BCUT2D eigenvalue weighted by Crippen LogP contribution is -2.09. The fraction of sp³-hybridized carbons (Fsp3) is 0.267. The van der Waals surface area contributed by atoms with E-state index in [0.29, 0.717) is 4.90 Å². The number of fused-ring (bicyclic) bond motifs is 1. The highest BCUT2D eigenvalue weighted by molar-refractivity contribution is 7.90. The summed E-state index contributed by atoms with van der Waals surface area (Å²) >= 11 is 0. The lowest BCUT2D eigenvalue weighted by molar-refractivity contribution is 0.602. The summed E-state index contributed by atoms with van der Waals surface area (Å²) < 4.78 is 23.2. The predicted molar refractivity (Wildman–Crippen MR) is 78.5 cm³/mol. The summed E-state index contributed by atoms with van der Waals surface area (Å²) in [6.45, 7) is 0. The van der Waals surface area contributed by atoms with Gasteiger partial charge in [0.15, 0.2) is 9.84 Å². The third-order valence-electron chi connectivity index (χ3n) is 3.56. The molecule has 0 fully saturated rings. The summed E-state index contributed by atoms with van der Waals surface area (Å²) in [6, 6.07) is 11.1. The quantitative estimate of drug-likeness (QED) is 0.943. The normalized spacial score (nSPS) is 17.8. The Morgan fingerprint density at radius 3 is 2.90 bits per heavy atom. The van der Waals surface area contributed by atoms with Gasteiger partial charge in [-0.15, -0.1) is 0 Å². The summed E-state index contributed by atoms with van der Waals surface area (Å²) in [7, 11) is -3.18. The zero-order valence-corrected chi connectivity index (χ0v) is 12.0. The topological polar surface area (TPSA) is 59.1 Å². The van der Waals surface area contributed by atoms with Crippen molar-refractivity contribution in [1.82, 2.24) is 4.98 Å². The molecule has 1 unspecified atom stereocenters. The molecule has 104 valence electrons. The van der Waals surface area contributed by atoms with E-state index in [9.17, 15) is 8.42 Å². The Labute approximate surface area is 118 Å². The van der Waals surface area contributed by atoms with E-state index in [1.807, 2.05) is 12.1 Å². The molecule has 4 nitrogen and oxygen atoms in total. The van der Waals surface area contributed by atoms with Crippen molar-refractivity contribution >= 4 is 15.5 Å². The smallest absolute Gasteiger partial charge is 0.175 e. The minimum absolute atomic E-state index is 0.154. The highest BCUT2D eigenvalue weighted by Crippen LogP contribution is 2.32. The van der Waals surface area contributed by atoms with Gasteiger partial charge in [0.25, 0.3) is 0 Å². The van der Waals surface area contributed by atoms with Crippen molar-refractivity contribution in [2.24, 2.45) is 0 Å². The molecule has 1 aliphatic rings. The van der Waals surface area contributed by atoms with Crippen LogP contribution in [-0.4, -0.2) is 19.7 Å². The lowest BCUT2D eigenvalue weighted by atomic mass is 10.2. The zero-order valence-electron chi connectivity index (χ0n) is 11.2. The monoisotopic (exact) mass is 288 g/mol. The molecule has 1 atom stereocenters. The number of aromatic nitrogens is 1. The number of nitrogens with one attached hydrogen (secondary N) is 1. The molecule has 1 aliphatic carbocycles. The van der Waals surface area contributed by atoms with Crippen molar-refractivity contribution in [3.05, 3.63) is 53.9 Å². The third-order valence-corrected chi connectivity index (χ3v) is 4.67. The summed E-state index contributed by atoms with van der Waals surface area (Å²) in [5, 5.41) is 3.38. The Hall–Kier alpha value is -1.88. The summed E-state index contributed by atoms with van der Waals surface area (Å²) in [6.07, 6.45) is 5.01. The van der Waals surface area contributed by atoms with Crippen LogP contribution in [0.15, 0.2) is 47.5 Å². The first kappa shape index (κ1) is 13.1. The van der Waals surface area contributed by atoms with Crippen molar-refractivity contribution in [3.8, 4) is 0 Å². The first-order valence-corrected chi connectivity index (χ1v) is 8.43. The van der Waals surface area contributed by atoms with Crippen molar-refractivity contribution in [2.75, 3.05) is 11.6 Å². The van der Waals surface area contributed by atoms with Crippen LogP contribution in [0.4, 0.5) is 5.69 Å². The average molecular weight is 288 g/mol. The predicted octanol–water partition coefficient (Wildman–Crippen LogP) is 2.58. The van der Waals surface area contributed by atoms with Gasteiger partial charge < -0.3 is 5.32 Å². The number of hydrogen-bond acceptors (Lipinski definition) is 4. The average Bonchev–Trinajstić information content (AvgIpc) is 2.82. The standard InChI is InChI=1S/C15H16N2O2S/c1-20(18,19)13-6-2-5-12(10-13)17-14-8-7-11-4-3-9-16-15(11)14/h2-6,9-10,14,17H,7-8H2,1H3. The van der Waals surface area contributed by atoms with Crippen molar-refractivity contribution in [3.63, 3.8) is 0 Å². The molecular formula is C15H16N2O2S. The summed E-state index contributed by atoms with van der Waals surface area (Å²) in [4.78, 5) is 4.76. The molecule has 1 aromatic carbocycles. The Balaban J connectivity index is 1.87. The lowest BCUT2D eigenvalue weighted by Gasteiger charge is -2.15. The molecule has 0 aliphatic heterocycles. The molecule has 3 rings (SSSR count). The Morgan fingerprint density at radius 2 is 2.10 bits per heavy atom. The van der Waals surface area contributed by atoms with Crippen LogP contribution >= 0.6 is 0 Å². The highest BCUT2D eigenvalue weighted by atomic mass is 32.2. The van der Waals surface area contributed by atoms with Crippen molar-refractivity contribution < 1.29 is 8.42 Å². The van der Waals surface area contributed by atoms with Crippen LogP contribution in [0.3, 0.4) is 0 Å². The zero-order chi connectivity index (χ0) is 14.2. The molecule has 0 saturated heterocycles. The Bertz CT molecular complexity index is 741. The van der Waals surface area contributed by atoms with Gasteiger partial charge in [-0.05, 0) is 42.7 Å². The Kier molecular flexibility index (Phi) is 3.22. The largest absolute Gasteiger partial charge is 0.377 e. The van der Waals surface area contributed by atoms with E-state index in [1.165, 1.54) is 11.8 Å². The first-order chi connectivity index (χ1) is 9.54. The SMILES string of the molecule is CS(=O)(=O)c1cccc(NC2CCc3cccnc32)c1. The molecule has 0 bridgehead atoms. The molecule has 1 N–H and O–H groups in total. The number of benzene rings is 1. The van der Waals surface area contributed by atoms with E-state index >= 15 is 0 Å². The highest BCUT2D eigenvalue weighted by Gasteiger charge is 2.23. The maximum absolute atomic E-state index is 11.6. The second kappa shape index (κ2) is 4.90. The Morgan fingerprint density at radius 1 is 1.25 bits per heavy atom. The van der Waals surface area contributed by atoms with E-state index < -0.39 is 9.84 Å². The van der Waals surface area contributed by atoms with Crippen molar-refractivity contribution in [2.45, 2.75) is 23.8 Å². The number of hydrogen-bond donors (Lipinski definition) is 1. The second-order valence-electron chi connectivity index (χ2n) is 5.08. The molecule has 0 radical (unpaired) electrons. The van der Waals surface area contributed by atoms with Gasteiger partial charge in [-0.25, -0.2) is 8.42 Å².